The van der Waals surface area contributed by atoms with E-state index in [-0.39, 0.29) is 5.91 Å². The molecule has 1 heterocycles. The summed E-state index contributed by atoms with van der Waals surface area (Å²) in [7, 11) is 0. The number of carbonyl (C=O) groups excluding carboxylic acids is 1. The molecular weight excluding hydrogens is 232 g/mol. The van der Waals surface area contributed by atoms with E-state index in [0.29, 0.717) is 17.2 Å². The zero-order valence-corrected chi connectivity index (χ0v) is 11.0. The van der Waals surface area contributed by atoms with Crippen molar-refractivity contribution in [3.63, 3.8) is 0 Å². The first kappa shape index (κ1) is 11.2. The predicted octanol–water partition coefficient (Wildman–Crippen LogP) is 2.90. The molecule has 0 bridgehead atoms. The van der Waals surface area contributed by atoms with Gasteiger partial charge in [-0.25, -0.2) is 4.98 Å². The van der Waals surface area contributed by atoms with Gasteiger partial charge in [-0.05, 0) is 38.0 Å². The molecule has 4 heteroatoms. The Morgan fingerprint density at radius 3 is 2.76 bits per heavy atom. The maximum Gasteiger partial charge on any atom is 0.271 e. The Labute approximate surface area is 106 Å². The van der Waals surface area contributed by atoms with Gasteiger partial charge in [-0.3, -0.25) is 4.79 Å². The second-order valence-corrected chi connectivity index (χ2v) is 6.45. The number of thiazole rings is 1. The lowest BCUT2D eigenvalue weighted by Crippen LogP contribution is -2.54. The minimum Gasteiger partial charge on any atom is -0.347 e. The van der Waals surface area contributed by atoms with Crippen molar-refractivity contribution in [1.29, 1.82) is 0 Å². The Bertz CT molecular complexity index is 434. The number of nitrogens with zero attached hydrogens (tertiary/aromatic N) is 1. The first-order valence-corrected chi connectivity index (χ1v) is 7.30. The number of rotatable bonds is 2. The number of aryl methyl sites for hydroxylation is 1. The largest absolute Gasteiger partial charge is 0.347 e. The Hall–Kier alpha value is -0.900. The number of nitrogens with one attached hydrogen (secondary N) is 1. The fourth-order valence-corrected chi connectivity index (χ4v) is 3.92. The lowest BCUT2D eigenvalue weighted by Gasteiger charge is -2.47. The molecule has 0 aromatic carbocycles. The number of carbonyl (C=O) groups is 1. The average Bonchev–Trinajstić information content (AvgIpc) is 2.93. The molecule has 1 unspecified atom stereocenters. The van der Waals surface area contributed by atoms with Crippen molar-refractivity contribution in [2.45, 2.75) is 51.5 Å². The normalized spacial score (nSPS) is 25.8. The molecule has 3 rings (SSSR count). The maximum absolute atomic E-state index is 12.1. The second kappa shape index (κ2) is 4.09. The van der Waals surface area contributed by atoms with E-state index in [1.54, 1.807) is 5.51 Å². The van der Waals surface area contributed by atoms with Crippen molar-refractivity contribution in [3.8, 4) is 0 Å². The molecule has 2 aliphatic rings. The van der Waals surface area contributed by atoms with E-state index < -0.39 is 0 Å². The highest BCUT2D eigenvalue weighted by molar-refractivity contribution is 7.09. The van der Waals surface area contributed by atoms with Crippen molar-refractivity contribution in [1.82, 2.24) is 10.3 Å². The standard InChI is InChI=1S/C13H18N2OS/c1-9-11(14-8-17-9)12(16)15-10-4-7-13(10)5-2-3-6-13/h8,10H,2-7H2,1H3,(H,15,16). The van der Waals surface area contributed by atoms with Gasteiger partial charge in [0.1, 0.15) is 5.69 Å². The van der Waals surface area contributed by atoms with Crippen LogP contribution in [0.25, 0.3) is 0 Å². The molecule has 2 fully saturated rings. The minimum absolute atomic E-state index is 0.0275. The molecule has 1 spiro atoms. The van der Waals surface area contributed by atoms with Crippen molar-refractivity contribution in [2.24, 2.45) is 5.41 Å². The van der Waals surface area contributed by atoms with Gasteiger partial charge in [0.2, 0.25) is 0 Å². The molecule has 1 aromatic rings. The van der Waals surface area contributed by atoms with Gasteiger partial charge < -0.3 is 5.32 Å². The molecule has 1 atom stereocenters. The highest BCUT2D eigenvalue weighted by Crippen LogP contribution is 2.53. The minimum atomic E-state index is 0.0275. The molecule has 92 valence electrons. The van der Waals surface area contributed by atoms with E-state index in [1.165, 1.54) is 43.4 Å². The van der Waals surface area contributed by atoms with Crippen LogP contribution in [-0.4, -0.2) is 16.9 Å². The number of hydrogen-bond acceptors (Lipinski definition) is 3. The molecule has 2 aliphatic carbocycles. The SMILES string of the molecule is Cc1scnc1C(=O)NC1CCC12CCCC2. The Balaban J connectivity index is 1.68. The summed E-state index contributed by atoms with van der Waals surface area (Å²) in [5, 5.41) is 3.20. The number of amides is 1. The summed E-state index contributed by atoms with van der Waals surface area (Å²) in [6.45, 7) is 1.96. The van der Waals surface area contributed by atoms with Crippen molar-refractivity contribution < 1.29 is 4.79 Å². The summed E-state index contributed by atoms with van der Waals surface area (Å²) in [5.41, 5.74) is 2.81. The smallest absolute Gasteiger partial charge is 0.271 e. The van der Waals surface area contributed by atoms with E-state index in [4.69, 9.17) is 0 Å². The van der Waals surface area contributed by atoms with Gasteiger partial charge in [0.05, 0.1) is 5.51 Å². The van der Waals surface area contributed by atoms with Gasteiger partial charge in [0.25, 0.3) is 5.91 Å². The summed E-state index contributed by atoms with van der Waals surface area (Å²) in [6.07, 6.45) is 7.72. The van der Waals surface area contributed by atoms with Gasteiger partial charge in [-0.15, -0.1) is 11.3 Å². The van der Waals surface area contributed by atoms with Crippen LogP contribution in [0.15, 0.2) is 5.51 Å². The Morgan fingerprint density at radius 2 is 2.24 bits per heavy atom. The predicted molar refractivity (Wildman–Crippen MR) is 68.2 cm³/mol. The lowest BCUT2D eigenvalue weighted by atomic mass is 9.63. The zero-order valence-electron chi connectivity index (χ0n) is 10.2. The average molecular weight is 250 g/mol. The van der Waals surface area contributed by atoms with Crippen LogP contribution < -0.4 is 5.32 Å². The molecule has 0 radical (unpaired) electrons. The number of hydrogen-bond donors (Lipinski definition) is 1. The van der Waals surface area contributed by atoms with E-state index in [0.717, 1.165) is 11.3 Å². The van der Waals surface area contributed by atoms with Gasteiger partial charge in [-0.2, -0.15) is 0 Å². The molecule has 0 saturated heterocycles. The monoisotopic (exact) mass is 250 g/mol. The van der Waals surface area contributed by atoms with Gasteiger partial charge >= 0.3 is 0 Å². The highest BCUT2D eigenvalue weighted by atomic mass is 32.1. The molecule has 0 aliphatic heterocycles. The topological polar surface area (TPSA) is 42.0 Å². The molecule has 17 heavy (non-hydrogen) atoms. The molecular formula is C13H18N2OS. The lowest BCUT2D eigenvalue weighted by molar-refractivity contribution is 0.0579. The third-order valence-electron chi connectivity index (χ3n) is 4.53. The van der Waals surface area contributed by atoms with E-state index >= 15 is 0 Å². The van der Waals surface area contributed by atoms with Crippen LogP contribution in [0.4, 0.5) is 0 Å². The van der Waals surface area contributed by atoms with E-state index in [2.05, 4.69) is 10.3 Å². The molecule has 2 saturated carbocycles. The first-order chi connectivity index (χ1) is 8.21. The zero-order chi connectivity index (χ0) is 11.9. The van der Waals surface area contributed by atoms with Crippen LogP contribution in [0, 0.1) is 12.3 Å². The molecule has 1 aromatic heterocycles. The summed E-state index contributed by atoms with van der Waals surface area (Å²) in [4.78, 5) is 17.3. The van der Waals surface area contributed by atoms with E-state index in [9.17, 15) is 4.79 Å². The fraction of sp³-hybridized carbons (Fsp3) is 0.692. The first-order valence-electron chi connectivity index (χ1n) is 6.42. The highest BCUT2D eigenvalue weighted by Gasteiger charge is 2.48. The van der Waals surface area contributed by atoms with Gasteiger partial charge in [0.15, 0.2) is 0 Å². The van der Waals surface area contributed by atoms with Crippen LogP contribution in [0.1, 0.15) is 53.9 Å². The fourth-order valence-electron chi connectivity index (χ4n) is 3.35. The summed E-state index contributed by atoms with van der Waals surface area (Å²) >= 11 is 1.54. The third kappa shape index (κ3) is 1.79. The second-order valence-electron chi connectivity index (χ2n) is 5.39. The van der Waals surface area contributed by atoms with Crippen LogP contribution in [-0.2, 0) is 0 Å². The third-order valence-corrected chi connectivity index (χ3v) is 5.29. The van der Waals surface area contributed by atoms with Crippen LogP contribution in [0.3, 0.4) is 0 Å². The van der Waals surface area contributed by atoms with Crippen LogP contribution >= 0.6 is 11.3 Å². The van der Waals surface area contributed by atoms with Gasteiger partial charge in [0, 0.05) is 10.9 Å². The summed E-state index contributed by atoms with van der Waals surface area (Å²) < 4.78 is 0. The van der Waals surface area contributed by atoms with Crippen molar-refractivity contribution in [3.05, 3.63) is 16.1 Å². The van der Waals surface area contributed by atoms with Crippen LogP contribution in [0.5, 0.6) is 0 Å². The van der Waals surface area contributed by atoms with Crippen molar-refractivity contribution >= 4 is 17.2 Å². The van der Waals surface area contributed by atoms with Gasteiger partial charge in [-0.1, -0.05) is 12.8 Å². The maximum atomic E-state index is 12.1. The number of aromatic nitrogens is 1. The molecule has 1 amide bonds. The Morgan fingerprint density at radius 1 is 1.47 bits per heavy atom. The molecule has 3 nitrogen and oxygen atoms in total. The Kier molecular flexibility index (Phi) is 2.69. The molecule has 1 N–H and O–H groups in total. The quantitative estimate of drug-likeness (QED) is 0.877. The summed E-state index contributed by atoms with van der Waals surface area (Å²) in [5.74, 6) is 0.0275. The summed E-state index contributed by atoms with van der Waals surface area (Å²) in [6, 6.07) is 0.401. The van der Waals surface area contributed by atoms with Crippen LogP contribution in [0.2, 0.25) is 0 Å². The van der Waals surface area contributed by atoms with Crippen molar-refractivity contribution in [2.75, 3.05) is 0 Å². The van der Waals surface area contributed by atoms with E-state index in [1.807, 2.05) is 6.92 Å².